The number of amides is 1. The molecule has 6 nitrogen and oxygen atoms in total. The number of carbonyl (C=O) groups is 1. The molecule has 0 bridgehead atoms. The number of nitrogens with one attached hydrogen (secondary N) is 1. The zero-order valence-electron chi connectivity index (χ0n) is 15.1. The molecule has 0 aliphatic carbocycles. The maximum atomic E-state index is 12.6. The van der Waals surface area contributed by atoms with Crippen molar-refractivity contribution in [2.75, 3.05) is 19.5 Å². The quantitative estimate of drug-likeness (QED) is 0.688. The molecule has 1 amide bonds. The van der Waals surface area contributed by atoms with Crippen molar-refractivity contribution in [1.29, 1.82) is 0 Å². The molecule has 3 rings (SSSR count). The van der Waals surface area contributed by atoms with Crippen LogP contribution in [-0.2, 0) is 6.61 Å². The summed E-state index contributed by atoms with van der Waals surface area (Å²) in [5.41, 5.74) is 1.87. The average Bonchev–Trinajstić information content (AvgIpc) is 2.73. The van der Waals surface area contributed by atoms with Crippen LogP contribution in [0.25, 0.3) is 0 Å². The fourth-order valence-corrected chi connectivity index (χ4v) is 2.57. The molecule has 0 spiro atoms. The fourth-order valence-electron chi connectivity index (χ4n) is 2.57. The van der Waals surface area contributed by atoms with Crippen molar-refractivity contribution in [3.05, 3.63) is 78.1 Å². The second-order valence-electron chi connectivity index (χ2n) is 5.66. The summed E-state index contributed by atoms with van der Waals surface area (Å²) in [5, 5.41) is 2.81. The first kappa shape index (κ1) is 18.3. The van der Waals surface area contributed by atoms with E-state index in [1.165, 1.54) is 0 Å². The number of hydrogen-bond donors (Lipinski definition) is 1. The molecule has 1 aromatic heterocycles. The molecule has 3 aromatic rings. The van der Waals surface area contributed by atoms with Gasteiger partial charge in [-0.3, -0.25) is 9.78 Å². The van der Waals surface area contributed by atoms with Crippen LogP contribution in [0, 0.1) is 0 Å². The summed E-state index contributed by atoms with van der Waals surface area (Å²) in [4.78, 5) is 16.6. The maximum Gasteiger partial charge on any atom is 0.259 e. The van der Waals surface area contributed by atoms with Gasteiger partial charge in [0.05, 0.1) is 31.7 Å². The molecule has 0 saturated heterocycles. The van der Waals surface area contributed by atoms with Crippen LogP contribution in [0.1, 0.15) is 15.9 Å². The van der Waals surface area contributed by atoms with E-state index >= 15 is 0 Å². The number of hydrogen-bond acceptors (Lipinski definition) is 5. The normalized spacial score (nSPS) is 10.1. The van der Waals surface area contributed by atoms with Gasteiger partial charge in [0.2, 0.25) is 0 Å². The lowest BCUT2D eigenvalue weighted by molar-refractivity contribution is 0.102. The molecule has 0 unspecified atom stereocenters. The number of benzene rings is 2. The van der Waals surface area contributed by atoms with Crippen molar-refractivity contribution in [3.63, 3.8) is 0 Å². The third-order valence-corrected chi connectivity index (χ3v) is 3.92. The highest BCUT2D eigenvalue weighted by molar-refractivity contribution is 6.06. The number of aromatic nitrogens is 1. The Balaban J connectivity index is 1.78. The molecule has 6 heteroatoms. The Hall–Kier alpha value is -3.54. The zero-order chi connectivity index (χ0) is 19.1. The number of methoxy groups -OCH3 is 2. The first-order valence-corrected chi connectivity index (χ1v) is 8.35. The van der Waals surface area contributed by atoms with Gasteiger partial charge in [0, 0.05) is 11.8 Å². The van der Waals surface area contributed by atoms with Crippen LogP contribution in [-0.4, -0.2) is 25.1 Å². The summed E-state index contributed by atoms with van der Waals surface area (Å²) in [7, 11) is 3.20. The lowest BCUT2D eigenvalue weighted by Gasteiger charge is -2.14. The van der Waals surface area contributed by atoms with Crippen LogP contribution in [0.3, 0.4) is 0 Å². The van der Waals surface area contributed by atoms with E-state index in [9.17, 15) is 4.79 Å². The summed E-state index contributed by atoms with van der Waals surface area (Å²) >= 11 is 0. The number of ether oxygens (including phenoxy) is 3. The van der Waals surface area contributed by atoms with E-state index in [0.717, 1.165) is 5.56 Å². The SMILES string of the molecule is COc1ccc(OC)c(COc2ccccc2C(=O)Nc2cccnc2)c1. The number of rotatable bonds is 7. The second kappa shape index (κ2) is 8.71. The van der Waals surface area contributed by atoms with Crippen molar-refractivity contribution in [2.24, 2.45) is 0 Å². The Morgan fingerprint density at radius 1 is 1.00 bits per heavy atom. The Kier molecular flexibility index (Phi) is 5.89. The van der Waals surface area contributed by atoms with Crippen LogP contribution in [0.2, 0.25) is 0 Å². The Morgan fingerprint density at radius 3 is 2.59 bits per heavy atom. The summed E-state index contributed by atoms with van der Waals surface area (Å²) in [6.45, 7) is 0.234. The topological polar surface area (TPSA) is 69.7 Å². The summed E-state index contributed by atoms with van der Waals surface area (Å²) in [5.74, 6) is 1.60. The molecule has 1 N–H and O–H groups in total. The van der Waals surface area contributed by atoms with Gasteiger partial charge in [0.25, 0.3) is 5.91 Å². The molecule has 0 radical (unpaired) electrons. The van der Waals surface area contributed by atoms with Crippen LogP contribution < -0.4 is 19.5 Å². The Labute approximate surface area is 157 Å². The van der Waals surface area contributed by atoms with E-state index in [1.807, 2.05) is 24.3 Å². The predicted octanol–water partition coefficient (Wildman–Crippen LogP) is 3.93. The van der Waals surface area contributed by atoms with Gasteiger partial charge in [-0.1, -0.05) is 12.1 Å². The highest BCUT2D eigenvalue weighted by Gasteiger charge is 2.14. The molecular formula is C21H20N2O4. The third-order valence-electron chi connectivity index (χ3n) is 3.92. The Morgan fingerprint density at radius 2 is 1.85 bits per heavy atom. The molecule has 0 aliphatic rings. The van der Waals surface area contributed by atoms with Crippen LogP contribution in [0.4, 0.5) is 5.69 Å². The lowest BCUT2D eigenvalue weighted by Crippen LogP contribution is -2.13. The van der Waals surface area contributed by atoms with Gasteiger partial charge >= 0.3 is 0 Å². The monoisotopic (exact) mass is 364 g/mol. The first-order chi connectivity index (χ1) is 13.2. The van der Waals surface area contributed by atoms with Gasteiger partial charge in [0.1, 0.15) is 23.9 Å². The fraction of sp³-hybridized carbons (Fsp3) is 0.143. The van der Waals surface area contributed by atoms with Crippen molar-refractivity contribution in [1.82, 2.24) is 4.98 Å². The van der Waals surface area contributed by atoms with Crippen LogP contribution >= 0.6 is 0 Å². The van der Waals surface area contributed by atoms with Crippen LogP contribution in [0.5, 0.6) is 17.2 Å². The second-order valence-corrected chi connectivity index (χ2v) is 5.66. The zero-order valence-corrected chi connectivity index (χ0v) is 15.1. The van der Waals surface area contributed by atoms with E-state index in [0.29, 0.717) is 28.5 Å². The van der Waals surface area contributed by atoms with Crippen molar-refractivity contribution in [3.8, 4) is 17.2 Å². The maximum absolute atomic E-state index is 12.6. The van der Waals surface area contributed by atoms with Gasteiger partial charge < -0.3 is 19.5 Å². The van der Waals surface area contributed by atoms with E-state index in [2.05, 4.69) is 10.3 Å². The number of para-hydroxylation sites is 1. The predicted molar refractivity (Wildman–Crippen MR) is 103 cm³/mol. The minimum Gasteiger partial charge on any atom is -0.497 e. The van der Waals surface area contributed by atoms with E-state index in [1.54, 1.807) is 56.9 Å². The Bertz CT molecular complexity index is 913. The number of nitrogens with zero attached hydrogens (tertiary/aromatic N) is 1. The molecule has 27 heavy (non-hydrogen) atoms. The van der Waals surface area contributed by atoms with Gasteiger partial charge in [-0.25, -0.2) is 0 Å². The van der Waals surface area contributed by atoms with E-state index < -0.39 is 0 Å². The van der Waals surface area contributed by atoms with Gasteiger partial charge in [-0.2, -0.15) is 0 Å². The smallest absolute Gasteiger partial charge is 0.259 e. The van der Waals surface area contributed by atoms with E-state index in [-0.39, 0.29) is 12.5 Å². The third kappa shape index (κ3) is 4.55. The largest absolute Gasteiger partial charge is 0.497 e. The minimum absolute atomic E-state index is 0.234. The minimum atomic E-state index is -0.267. The molecule has 0 aliphatic heterocycles. The summed E-state index contributed by atoms with van der Waals surface area (Å²) in [6, 6.07) is 16.1. The summed E-state index contributed by atoms with van der Waals surface area (Å²) < 4.78 is 16.5. The van der Waals surface area contributed by atoms with Crippen LogP contribution in [0.15, 0.2) is 67.0 Å². The van der Waals surface area contributed by atoms with E-state index in [4.69, 9.17) is 14.2 Å². The number of pyridine rings is 1. The first-order valence-electron chi connectivity index (χ1n) is 8.35. The standard InChI is InChI=1S/C21H20N2O4/c1-25-17-9-10-19(26-2)15(12-17)14-27-20-8-4-3-7-18(20)21(24)23-16-6-5-11-22-13-16/h3-13H,14H2,1-2H3,(H,23,24). The summed E-state index contributed by atoms with van der Waals surface area (Å²) in [6.07, 6.45) is 3.23. The molecular weight excluding hydrogens is 344 g/mol. The van der Waals surface area contributed by atoms with Crippen molar-refractivity contribution < 1.29 is 19.0 Å². The van der Waals surface area contributed by atoms with Crippen molar-refractivity contribution >= 4 is 11.6 Å². The van der Waals surface area contributed by atoms with Gasteiger partial charge in [0.15, 0.2) is 0 Å². The molecule has 138 valence electrons. The molecule has 0 atom stereocenters. The van der Waals surface area contributed by atoms with Crippen molar-refractivity contribution in [2.45, 2.75) is 6.61 Å². The lowest BCUT2D eigenvalue weighted by atomic mass is 10.1. The van der Waals surface area contributed by atoms with Gasteiger partial charge in [-0.05, 0) is 42.5 Å². The molecule has 0 saturated carbocycles. The highest BCUT2D eigenvalue weighted by atomic mass is 16.5. The highest BCUT2D eigenvalue weighted by Crippen LogP contribution is 2.27. The van der Waals surface area contributed by atoms with Gasteiger partial charge in [-0.15, -0.1) is 0 Å². The molecule has 1 heterocycles. The average molecular weight is 364 g/mol. The number of carbonyl (C=O) groups excluding carboxylic acids is 1. The molecule has 0 fully saturated rings. The number of anilines is 1. The molecule has 2 aromatic carbocycles.